The quantitative estimate of drug-likeness (QED) is 0.0222. The number of aliphatic hydroxyl groups is 1. The highest BCUT2D eigenvalue weighted by Crippen LogP contribution is 2.45. The lowest BCUT2D eigenvalue weighted by Gasteiger charge is -2.21. The van der Waals surface area contributed by atoms with Gasteiger partial charge in [-0.05, 0) is 31.6 Å². The molecule has 6 atom stereocenters. The standard InChI is InChI=1S/C80H156O17P2/c1-6-10-13-16-19-22-24-26-28-29-30-31-36-39-44-49-54-59-64-78(83)91-70-76(97-80(85)66-61-56-51-46-41-37-33-32-34-38-43-47-52-57-62-73(5)9-4)72-95-99(88,89)93-68-74(81)67-92-98(86,87)94-71-75(69-90-77(82)63-58-53-48-42-21-18-15-12-8-3)96-79(84)65-60-55-50-45-40-35-27-25-23-20-17-14-11-7-2/h73-76,81H,6-72H2,1-5H3,(H,86,87)(H,88,89)/t73?,74-,75+,76+/m0/s1. The summed E-state index contributed by atoms with van der Waals surface area (Å²) in [5.74, 6) is -1.26. The molecule has 3 unspecified atom stereocenters. The first-order valence-corrected chi connectivity index (χ1v) is 44.7. The third kappa shape index (κ3) is 72.8. The Bertz CT molecular complexity index is 1890. The number of aliphatic hydroxyl groups excluding tert-OH is 1. The van der Waals surface area contributed by atoms with Gasteiger partial charge in [0.1, 0.15) is 19.3 Å². The number of hydrogen-bond acceptors (Lipinski definition) is 15. The Morgan fingerprint density at radius 2 is 0.485 bits per heavy atom. The van der Waals surface area contributed by atoms with Gasteiger partial charge in [0.05, 0.1) is 26.4 Å². The molecule has 0 bridgehead atoms. The maximum absolute atomic E-state index is 13.1. The summed E-state index contributed by atoms with van der Waals surface area (Å²) in [4.78, 5) is 72.9. The Hall–Kier alpha value is -1.94. The van der Waals surface area contributed by atoms with Gasteiger partial charge in [-0.2, -0.15) is 0 Å². The minimum Gasteiger partial charge on any atom is -0.462 e. The van der Waals surface area contributed by atoms with Crippen LogP contribution in [0.5, 0.6) is 0 Å². The van der Waals surface area contributed by atoms with Gasteiger partial charge in [0, 0.05) is 25.7 Å². The van der Waals surface area contributed by atoms with Crippen LogP contribution in [0.2, 0.25) is 0 Å². The SMILES string of the molecule is CCCCCCCCCCCCCCCCCCCCC(=O)OC[C@H](COP(=O)(O)OC[C@@H](O)COP(=O)(O)OC[C@@H](COC(=O)CCCCCCCCCCC)OC(=O)CCCCCCCCCCCCCCCC)OC(=O)CCCCCCCCCCCCCCCCC(C)CC. The molecule has 0 radical (unpaired) electrons. The fourth-order valence-corrected chi connectivity index (χ4v) is 14.0. The molecule has 0 aromatic rings. The topological polar surface area (TPSA) is 237 Å². The zero-order valence-electron chi connectivity index (χ0n) is 64.6. The van der Waals surface area contributed by atoms with Crippen LogP contribution in [0.1, 0.15) is 426 Å². The monoisotopic (exact) mass is 1450 g/mol. The first-order chi connectivity index (χ1) is 48.1. The van der Waals surface area contributed by atoms with Crippen LogP contribution in [0, 0.1) is 5.92 Å². The van der Waals surface area contributed by atoms with E-state index in [1.807, 2.05) is 0 Å². The van der Waals surface area contributed by atoms with Crippen LogP contribution in [0.4, 0.5) is 0 Å². The van der Waals surface area contributed by atoms with E-state index in [9.17, 15) is 43.2 Å². The molecule has 0 rings (SSSR count). The minimum absolute atomic E-state index is 0.108. The number of rotatable bonds is 80. The third-order valence-corrected chi connectivity index (χ3v) is 21.0. The second-order valence-electron chi connectivity index (χ2n) is 29.1. The van der Waals surface area contributed by atoms with E-state index in [0.717, 1.165) is 95.8 Å². The van der Waals surface area contributed by atoms with Gasteiger partial charge in [-0.15, -0.1) is 0 Å². The van der Waals surface area contributed by atoms with Crippen LogP contribution >= 0.6 is 15.6 Å². The van der Waals surface area contributed by atoms with Crippen LogP contribution in [0.25, 0.3) is 0 Å². The van der Waals surface area contributed by atoms with Crippen molar-refractivity contribution >= 4 is 39.5 Å². The largest absolute Gasteiger partial charge is 0.472 e. The molecule has 0 fully saturated rings. The van der Waals surface area contributed by atoms with Gasteiger partial charge in [0.2, 0.25) is 0 Å². The van der Waals surface area contributed by atoms with Crippen LogP contribution in [0.15, 0.2) is 0 Å². The molecule has 588 valence electrons. The van der Waals surface area contributed by atoms with Crippen molar-refractivity contribution in [2.24, 2.45) is 5.92 Å². The highest BCUT2D eigenvalue weighted by atomic mass is 31.2. The third-order valence-electron chi connectivity index (χ3n) is 19.1. The first kappa shape index (κ1) is 97.1. The molecular weight excluding hydrogens is 1290 g/mol. The fourth-order valence-electron chi connectivity index (χ4n) is 12.4. The molecule has 0 aliphatic carbocycles. The van der Waals surface area contributed by atoms with Crippen LogP contribution in [-0.4, -0.2) is 96.7 Å². The van der Waals surface area contributed by atoms with E-state index >= 15 is 0 Å². The van der Waals surface area contributed by atoms with Gasteiger partial charge in [0.25, 0.3) is 0 Å². The lowest BCUT2D eigenvalue weighted by Crippen LogP contribution is -2.30. The van der Waals surface area contributed by atoms with Crippen molar-refractivity contribution in [1.82, 2.24) is 0 Å². The van der Waals surface area contributed by atoms with Gasteiger partial charge in [-0.3, -0.25) is 37.3 Å². The Balaban J connectivity index is 5.22. The van der Waals surface area contributed by atoms with Gasteiger partial charge in [-0.25, -0.2) is 9.13 Å². The lowest BCUT2D eigenvalue weighted by molar-refractivity contribution is -0.161. The maximum atomic E-state index is 13.1. The second-order valence-corrected chi connectivity index (χ2v) is 32.0. The number of esters is 4. The van der Waals surface area contributed by atoms with Crippen LogP contribution < -0.4 is 0 Å². The molecule has 0 aliphatic heterocycles. The Morgan fingerprint density at radius 1 is 0.283 bits per heavy atom. The molecule has 0 saturated carbocycles. The predicted molar refractivity (Wildman–Crippen MR) is 405 cm³/mol. The number of phosphoric ester groups is 2. The summed E-state index contributed by atoms with van der Waals surface area (Å²) in [5.41, 5.74) is 0. The zero-order chi connectivity index (χ0) is 72.7. The molecular formula is C80H156O17P2. The molecule has 17 nitrogen and oxygen atoms in total. The Kier molecular flexibility index (Phi) is 71.6. The van der Waals surface area contributed by atoms with E-state index in [1.165, 1.54) is 250 Å². The average Bonchev–Trinajstić information content (AvgIpc) is 1.07. The minimum atomic E-state index is -4.96. The van der Waals surface area contributed by atoms with Gasteiger partial charge in [-0.1, -0.05) is 375 Å². The maximum Gasteiger partial charge on any atom is 0.472 e. The predicted octanol–water partition coefficient (Wildman–Crippen LogP) is 24.0. The number of unbranched alkanes of at least 4 members (excludes halogenated alkanes) is 51. The van der Waals surface area contributed by atoms with Crippen molar-refractivity contribution in [1.29, 1.82) is 0 Å². The second kappa shape index (κ2) is 73.0. The van der Waals surface area contributed by atoms with Crippen molar-refractivity contribution in [3.63, 3.8) is 0 Å². The molecule has 0 spiro atoms. The van der Waals surface area contributed by atoms with Gasteiger partial charge < -0.3 is 33.8 Å². The highest BCUT2D eigenvalue weighted by molar-refractivity contribution is 7.47. The average molecular weight is 1450 g/mol. The lowest BCUT2D eigenvalue weighted by atomic mass is 9.99. The molecule has 0 aromatic heterocycles. The summed E-state index contributed by atoms with van der Waals surface area (Å²) in [6.45, 7) is 7.37. The van der Waals surface area contributed by atoms with Crippen LogP contribution in [0.3, 0.4) is 0 Å². The number of hydrogen-bond donors (Lipinski definition) is 3. The van der Waals surface area contributed by atoms with E-state index in [2.05, 4.69) is 34.6 Å². The molecule has 0 amide bonds. The molecule has 0 heterocycles. The Morgan fingerprint density at radius 3 is 0.717 bits per heavy atom. The summed E-state index contributed by atoms with van der Waals surface area (Å²) < 4.78 is 68.7. The molecule has 0 aliphatic rings. The van der Waals surface area contributed by atoms with Crippen molar-refractivity contribution in [2.45, 2.75) is 445 Å². The summed E-state index contributed by atoms with van der Waals surface area (Å²) in [6.07, 6.45) is 63.7. The molecule has 99 heavy (non-hydrogen) atoms. The normalized spacial score (nSPS) is 14.1. The van der Waals surface area contributed by atoms with Crippen LogP contribution in [-0.2, 0) is 65.4 Å². The molecule has 0 aromatic carbocycles. The Labute approximate surface area is 607 Å². The van der Waals surface area contributed by atoms with E-state index in [4.69, 9.17) is 37.0 Å². The number of carbonyl (C=O) groups is 4. The zero-order valence-corrected chi connectivity index (χ0v) is 66.4. The van der Waals surface area contributed by atoms with Crippen molar-refractivity contribution in [3.8, 4) is 0 Å². The van der Waals surface area contributed by atoms with Crippen molar-refractivity contribution < 1.29 is 80.2 Å². The summed E-state index contributed by atoms with van der Waals surface area (Å²) >= 11 is 0. The van der Waals surface area contributed by atoms with Crippen molar-refractivity contribution in [3.05, 3.63) is 0 Å². The molecule has 19 heteroatoms. The first-order valence-electron chi connectivity index (χ1n) is 41.7. The van der Waals surface area contributed by atoms with E-state index in [0.29, 0.717) is 25.7 Å². The number of carbonyl (C=O) groups excluding carboxylic acids is 4. The molecule has 3 N–H and O–H groups in total. The molecule has 0 saturated heterocycles. The van der Waals surface area contributed by atoms with Crippen molar-refractivity contribution in [2.75, 3.05) is 39.6 Å². The fraction of sp³-hybridized carbons (Fsp3) is 0.950. The van der Waals surface area contributed by atoms with Gasteiger partial charge >= 0.3 is 39.5 Å². The number of phosphoric acid groups is 2. The summed E-state index contributed by atoms with van der Waals surface area (Å²) in [6, 6.07) is 0. The number of ether oxygens (including phenoxy) is 4. The summed E-state index contributed by atoms with van der Waals surface area (Å²) in [7, 11) is -9.91. The van der Waals surface area contributed by atoms with Gasteiger partial charge in [0.15, 0.2) is 12.2 Å². The summed E-state index contributed by atoms with van der Waals surface area (Å²) in [5, 5.41) is 10.6. The smallest absolute Gasteiger partial charge is 0.462 e. The highest BCUT2D eigenvalue weighted by Gasteiger charge is 2.30. The van der Waals surface area contributed by atoms with E-state index < -0.39 is 97.5 Å². The van der Waals surface area contributed by atoms with E-state index in [1.54, 1.807) is 0 Å². The van der Waals surface area contributed by atoms with E-state index in [-0.39, 0.29) is 25.7 Å².